The minimum Gasteiger partial charge on any atom is -0.278 e. The van der Waals surface area contributed by atoms with E-state index in [-0.39, 0.29) is 5.91 Å². The predicted molar refractivity (Wildman–Crippen MR) is 43.6 cm³/mol. The number of thiophene rings is 1. The minimum absolute atomic E-state index is 0.279. The third kappa shape index (κ3) is 1.04. The van der Waals surface area contributed by atoms with Crippen molar-refractivity contribution < 1.29 is 9.00 Å². The lowest BCUT2D eigenvalue weighted by Crippen LogP contribution is -2.34. The number of anilines is 1. The summed E-state index contributed by atoms with van der Waals surface area (Å²) in [5, 5.41) is 2.45. The average Bonchev–Trinajstić information content (AvgIpc) is 2.34. The molecule has 1 atom stereocenters. The number of carbonyl (C=O) groups excluding carboxylic acids is 1. The summed E-state index contributed by atoms with van der Waals surface area (Å²) in [5.74, 6) is -0.279. The van der Waals surface area contributed by atoms with Crippen molar-refractivity contribution in [3.63, 3.8) is 0 Å². The average molecular weight is 188 g/mol. The SMILES string of the molecule is O=C1N[S@](=O)Nc2sccc21. The first-order valence-electron chi connectivity index (χ1n) is 2.84. The van der Waals surface area contributed by atoms with Gasteiger partial charge in [0.05, 0.1) is 5.56 Å². The highest BCUT2D eigenvalue weighted by Gasteiger charge is 2.21. The number of hydrogen-bond donors (Lipinski definition) is 2. The molecule has 0 aromatic carbocycles. The molecule has 2 rings (SSSR count). The molecule has 1 aliphatic rings. The maximum Gasteiger partial charge on any atom is 0.267 e. The summed E-state index contributed by atoms with van der Waals surface area (Å²) in [4.78, 5) is 11.0. The quantitative estimate of drug-likeness (QED) is 0.622. The van der Waals surface area contributed by atoms with E-state index in [4.69, 9.17) is 0 Å². The molecule has 58 valence electrons. The molecule has 2 heterocycles. The van der Waals surface area contributed by atoms with Gasteiger partial charge in [-0.15, -0.1) is 11.3 Å². The molecule has 0 radical (unpaired) electrons. The summed E-state index contributed by atoms with van der Waals surface area (Å²) >= 11 is -0.0813. The maximum absolute atomic E-state index is 11.0. The molecule has 2 N–H and O–H groups in total. The molecule has 0 unspecified atom stereocenters. The van der Waals surface area contributed by atoms with Gasteiger partial charge in [-0.1, -0.05) is 0 Å². The van der Waals surface area contributed by atoms with Crippen LogP contribution < -0.4 is 9.44 Å². The van der Waals surface area contributed by atoms with Gasteiger partial charge < -0.3 is 0 Å². The van der Waals surface area contributed by atoms with Gasteiger partial charge in [0, 0.05) is 0 Å². The van der Waals surface area contributed by atoms with E-state index in [0.717, 1.165) is 0 Å². The molecule has 11 heavy (non-hydrogen) atoms. The highest BCUT2D eigenvalue weighted by Crippen LogP contribution is 2.25. The first-order chi connectivity index (χ1) is 5.27. The zero-order valence-corrected chi connectivity index (χ0v) is 6.92. The van der Waals surface area contributed by atoms with Gasteiger partial charge in [-0.25, -0.2) is 4.21 Å². The van der Waals surface area contributed by atoms with Crippen LogP contribution in [0, 0.1) is 0 Å². The Balaban J connectivity index is 2.52. The van der Waals surface area contributed by atoms with Crippen LogP contribution in [0.3, 0.4) is 0 Å². The number of rotatable bonds is 0. The van der Waals surface area contributed by atoms with Gasteiger partial charge in [0.1, 0.15) is 5.00 Å². The molecule has 0 bridgehead atoms. The fourth-order valence-corrected chi connectivity index (χ4v) is 2.47. The van der Waals surface area contributed by atoms with E-state index in [0.29, 0.717) is 10.6 Å². The molecule has 6 heteroatoms. The van der Waals surface area contributed by atoms with E-state index in [2.05, 4.69) is 9.44 Å². The van der Waals surface area contributed by atoms with Crippen molar-refractivity contribution in [2.75, 3.05) is 4.72 Å². The largest absolute Gasteiger partial charge is 0.278 e. The Morgan fingerprint density at radius 2 is 2.27 bits per heavy atom. The summed E-state index contributed by atoms with van der Waals surface area (Å²) < 4.78 is 15.7. The van der Waals surface area contributed by atoms with Gasteiger partial charge in [-0.05, 0) is 11.4 Å². The molecule has 1 amide bonds. The third-order valence-corrected chi connectivity index (χ3v) is 3.00. The van der Waals surface area contributed by atoms with E-state index in [1.165, 1.54) is 11.3 Å². The third-order valence-electron chi connectivity index (χ3n) is 1.28. The molecular weight excluding hydrogens is 184 g/mol. The van der Waals surface area contributed by atoms with E-state index in [1.807, 2.05) is 0 Å². The molecule has 0 spiro atoms. The van der Waals surface area contributed by atoms with Gasteiger partial charge in [0.2, 0.25) is 11.2 Å². The Morgan fingerprint density at radius 3 is 3.09 bits per heavy atom. The van der Waals surface area contributed by atoms with Gasteiger partial charge in [0.15, 0.2) is 0 Å². The van der Waals surface area contributed by atoms with Gasteiger partial charge in [-0.2, -0.15) is 0 Å². The molecule has 1 aromatic heterocycles. The highest BCUT2D eigenvalue weighted by molar-refractivity contribution is 7.85. The van der Waals surface area contributed by atoms with E-state index >= 15 is 0 Å². The highest BCUT2D eigenvalue weighted by atomic mass is 32.2. The summed E-state index contributed by atoms with van der Waals surface area (Å²) in [5.41, 5.74) is 0.564. The van der Waals surface area contributed by atoms with Crippen molar-refractivity contribution in [1.82, 2.24) is 4.72 Å². The van der Waals surface area contributed by atoms with E-state index < -0.39 is 11.2 Å². The molecule has 1 aliphatic heterocycles. The topological polar surface area (TPSA) is 58.2 Å². The van der Waals surface area contributed by atoms with Crippen LogP contribution in [-0.4, -0.2) is 10.1 Å². The smallest absolute Gasteiger partial charge is 0.267 e. The van der Waals surface area contributed by atoms with Crippen molar-refractivity contribution in [1.29, 1.82) is 0 Å². The van der Waals surface area contributed by atoms with Crippen LogP contribution in [0.15, 0.2) is 11.4 Å². The first-order valence-corrected chi connectivity index (χ1v) is 4.87. The Bertz CT molecular complexity index is 333. The van der Waals surface area contributed by atoms with Gasteiger partial charge in [0.25, 0.3) is 5.91 Å². The summed E-state index contributed by atoms with van der Waals surface area (Å²) in [7, 11) is 0. The second-order valence-corrected chi connectivity index (χ2v) is 3.83. The van der Waals surface area contributed by atoms with Crippen LogP contribution in [0.2, 0.25) is 0 Å². The molecule has 0 saturated carbocycles. The lowest BCUT2D eigenvalue weighted by molar-refractivity contribution is 0.0983. The van der Waals surface area contributed by atoms with Crippen LogP contribution >= 0.6 is 11.3 Å². The second kappa shape index (κ2) is 2.31. The lowest BCUT2D eigenvalue weighted by Gasteiger charge is -2.12. The van der Waals surface area contributed by atoms with Crippen LogP contribution in [-0.2, 0) is 11.2 Å². The summed E-state index contributed by atoms with van der Waals surface area (Å²) in [6.45, 7) is 0. The Kier molecular flexibility index (Phi) is 1.43. The van der Waals surface area contributed by atoms with Crippen molar-refractivity contribution >= 4 is 33.4 Å². The zero-order valence-electron chi connectivity index (χ0n) is 5.29. The number of amides is 1. The molecular formula is C5H4N2O2S2. The van der Waals surface area contributed by atoms with Gasteiger partial charge >= 0.3 is 0 Å². The van der Waals surface area contributed by atoms with Gasteiger partial charge in [-0.3, -0.25) is 14.2 Å². The molecule has 4 nitrogen and oxygen atoms in total. The van der Waals surface area contributed by atoms with Crippen molar-refractivity contribution in [3.05, 3.63) is 17.0 Å². The van der Waals surface area contributed by atoms with E-state index in [9.17, 15) is 9.00 Å². The molecule has 1 aromatic rings. The van der Waals surface area contributed by atoms with Crippen molar-refractivity contribution in [2.24, 2.45) is 0 Å². The Labute approximate surface area is 69.3 Å². The van der Waals surface area contributed by atoms with E-state index in [1.54, 1.807) is 11.4 Å². The van der Waals surface area contributed by atoms with Crippen LogP contribution in [0.1, 0.15) is 10.4 Å². The predicted octanol–water partition coefficient (Wildman–Crippen LogP) is 0.482. The van der Waals surface area contributed by atoms with Crippen LogP contribution in [0.4, 0.5) is 5.00 Å². The number of nitrogens with one attached hydrogen (secondary N) is 2. The fraction of sp³-hybridized carbons (Fsp3) is 0. The summed E-state index contributed by atoms with van der Waals surface area (Å²) in [6, 6.07) is 1.69. The lowest BCUT2D eigenvalue weighted by atomic mass is 10.3. The molecule has 0 fully saturated rings. The number of fused-ring (bicyclic) bond motifs is 1. The number of carbonyl (C=O) groups is 1. The van der Waals surface area contributed by atoms with Crippen LogP contribution in [0.25, 0.3) is 0 Å². The Morgan fingerprint density at radius 1 is 1.45 bits per heavy atom. The van der Waals surface area contributed by atoms with Crippen molar-refractivity contribution in [2.45, 2.75) is 0 Å². The standard InChI is InChI=1S/C5H4N2O2S2/c8-4-3-1-2-10-5(3)7-11(9)6-4/h1-2,7H,(H,6,8)/t11-/m0/s1. The Hall–Kier alpha value is -0.880. The normalized spacial score (nSPS) is 21.8. The number of hydrogen-bond acceptors (Lipinski definition) is 3. The maximum atomic E-state index is 11.0. The fourth-order valence-electron chi connectivity index (χ4n) is 0.816. The molecule has 0 aliphatic carbocycles. The van der Waals surface area contributed by atoms with Crippen LogP contribution in [0.5, 0.6) is 0 Å². The summed E-state index contributed by atoms with van der Waals surface area (Å²) in [6.07, 6.45) is 0. The molecule has 0 saturated heterocycles. The van der Waals surface area contributed by atoms with Crippen molar-refractivity contribution in [3.8, 4) is 0 Å². The monoisotopic (exact) mass is 188 g/mol. The first kappa shape index (κ1) is 6.81. The minimum atomic E-state index is -1.45. The second-order valence-electron chi connectivity index (χ2n) is 1.97. The zero-order chi connectivity index (χ0) is 7.84.